The second-order valence-corrected chi connectivity index (χ2v) is 8.16. The van der Waals surface area contributed by atoms with Crippen LogP contribution >= 0.6 is 0 Å². The highest BCUT2D eigenvalue weighted by Crippen LogP contribution is 2.38. The van der Waals surface area contributed by atoms with Crippen molar-refractivity contribution < 1.29 is 13.2 Å². The maximum absolute atomic E-state index is 12.6. The van der Waals surface area contributed by atoms with Crippen LogP contribution in [-0.2, 0) is 10.0 Å². The maximum Gasteiger partial charge on any atom is 0.244 e. The smallest absolute Gasteiger partial charge is 0.244 e. The summed E-state index contributed by atoms with van der Waals surface area (Å²) in [5.74, 6) is 1.62. The van der Waals surface area contributed by atoms with Gasteiger partial charge in [0, 0.05) is 18.2 Å². The number of ether oxygens (including phenoxy) is 1. The van der Waals surface area contributed by atoms with Gasteiger partial charge in [0.05, 0.1) is 11.9 Å². The number of hydrogen-bond acceptors (Lipinski definition) is 7. The number of aromatic nitrogens is 4. The lowest BCUT2D eigenvalue weighted by Gasteiger charge is -2.33. The second-order valence-electron chi connectivity index (χ2n) is 6.48. The van der Waals surface area contributed by atoms with Crippen molar-refractivity contribution in [2.24, 2.45) is 0 Å². The number of H-pyrrole nitrogens is 1. The molecule has 3 aromatic rings. The number of nitrogens with zero attached hydrogens (tertiary/aromatic N) is 4. The topological polar surface area (TPSA) is 113 Å². The van der Waals surface area contributed by atoms with Gasteiger partial charge in [0.2, 0.25) is 10.0 Å². The Hall–Kier alpha value is -2.98. The van der Waals surface area contributed by atoms with Gasteiger partial charge in [0.15, 0.2) is 5.82 Å². The fourth-order valence-electron chi connectivity index (χ4n) is 3.53. The molecule has 2 aliphatic heterocycles. The lowest BCUT2D eigenvalue weighted by atomic mass is 10.2. The molecule has 2 aliphatic rings. The molecule has 0 saturated carbocycles. The van der Waals surface area contributed by atoms with Gasteiger partial charge in [-0.1, -0.05) is 0 Å². The second kappa shape index (κ2) is 6.03. The number of benzene rings is 2. The number of tetrazole rings is 1. The predicted octanol–water partition coefficient (Wildman–Crippen LogP) is 1.88. The third-order valence-corrected chi connectivity index (χ3v) is 6.27. The van der Waals surface area contributed by atoms with E-state index in [1.807, 2.05) is 18.2 Å². The van der Waals surface area contributed by atoms with Crippen LogP contribution < -0.4 is 14.4 Å². The Morgan fingerprint density at radius 2 is 1.93 bits per heavy atom. The molecule has 1 atom stereocenters. The molecule has 1 aromatic heterocycles. The van der Waals surface area contributed by atoms with E-state index in [2.05, 4.69) is 30.2 Å². The highest BCUT2D eigenvalue weighted by molar-refractivity contribution is 7.89. The Bertz CT molecular complexity index is 1080. The zero-order valence-corrected chi connectivity index (χ0v) is 15.0. The van der Waals surface area contributed by atoms with Crippen molar-refractivity contribution in [3.05, 3.63) is 42.5 Å². The molecule has 2 aromatic carbocycles. The summed E-state index contributed by atoms with van der Waals surface area (Å²) >= 11 is 0. The largest absolute Gasteiger partial charge is 0.457 e. The van der Waals surface area contributed by atoms with Crippen molar-refractivity contribution in [3.8, 4) is 22.9 Å². The predicted molar refractivity (Wildman–Crippen MR) is 96.8 cm³/mol. The van der Waals surface area contributed by atoms with E-state index in [0.29, 0.717) is 17.3 Å². The molecule has 0 radical (unpaired) electrons. The summed E-state index contributed by atoms with van der Waals surface area (Å²) in [7, 11) is -3.55. The summed E-state index contributed by atoms with van der Waals surface area (Å²) in [5.41, 5.74) is 1.56. The van der Waals surface area contributed by atoms with Crippen LogP contribution in [0.1, 0.15) is 12.8 Å². The van der Waals surface area contributed by atoms with E-state index in [0.717, 1.165) is 30.6 Å². The molecule has 138 valence electrons. The van der Waals surface area contributed by atoms with Gasteiger partial charge in [-0.25, -0.2) is 13.5 Å². The Balaban J connectivity index is 1.44. The minimum absolute atomic E-state index is 0.146. The number of fused-ring (bicyclic) bond motifs is 3. The van der Waals surface area contributed by atoms with Gasteiger partial charge in [-0.05, 0) is 59.7 Å². The summed E-state index contributed by atoms with van der Waals surface area (Å²) < 4.78 is 33.8. The van der Waals surface area contributed by atoms with Crippen molar-refractivity contribution in [1.29, 1.82) is 0 Å². The van der Waals surface area contributed by atoms with Crippen molar-refractivity contribution in [2.45, 2.75) is 23.9 Å². The minimum Gasteiger partial charge on any atom is -0.457 e. The Morgan fingerprint density at radius 3 is 2.70 bits per heavy atom. The van der Waals surface area contributed by atoms with Crippen LogP contribution in [0.2, 0.25) is 0 Å². The normalized spacial score (nSPS) is 20.1. The first-order valence-electron chi connectivity index (χ1n) is 8.55. The van der Waals surface area contributed by atoms with Crippen LogP contribution in [0.3, 0.4) is 0 Å². The number of hydrogen-bond donors (Lipinski definition) is 2. The van der Waals surface area contributed by atoms with Crippen LogP contribution in [-0.4, -0.2) is 41.8 Å². The fourth-order valence-corrected chi connectivity index (χ4v) is 4.99. The number of aromatic amines is 1. The maximum atomic E-state index is 12.6. The standard InChI is InChI=1S/C17H16N6O3S/c24-27(25)15-10-13(7-8-14(15)23-9-1-2-16(23)20-27)26-12-5-3-11(4-6-12)17-18-21-22-19-17/h3-8,10,16,20H,1-2,9H2,(H,18,19,21,22). The zero-order chi connectivity index (χ0) is 18.4. The SMILES string of the molecule is O=S1(=O)NC2CCCN2c2ccc(Oc3ccc(-c4nnn[nH]4)cc3)cc21. The third kappa shape index (κ3) is 2.82. The first-order chi connectivity index (χ1) is 13.1. The molecule has 10 heteroatoms. The van der Waals surface area contributed by atoms with E-state index < -0.39 is 10.0 Å². The van der Waals surface area contributed by atoms with E-state index in [1.165, 1.54) is 0 Å². The van der Waals surface area contributed by atoms with E-state index >= 15 is 0 Å². The van der Waals surface area contributed by atoms with Crippen LogP contribution in [0.5, 0.6) is 11.5 Å². The summed E-state index contributed by atoms with van der Waals surface area (Å²) in [5, 5.41) is 13.6. The fraction of sp³-hybridized carbons (Fsp3) is 0.235. The molecule has 1 saturated heterocycles. The molecule has 2 N–H and O–H groups in total. The van der Waals surface area contributed by atoms with E-state index in [9.17, 15) is 8.42 Å². The summed E-state index contributed by atoms with van der Waals surface area (Å²) in [4.78, 5) is 2.35. The first kappa shape index (κ1) is 16.2. The van der Waals surface area contributed by atoms with Crippen LogP contribution in [0, 0.1) is 0 Å². The molecule has 1 unspecified atom stereocenters. The summed E-state index contributed by atoms with van der Waals surface area (Å²) in [6.45, 7) is 0.846. The van der Waals surface area contributed by atoms with Crippen molar-refractivity contribution >= 4 is 15.7 Å². The highest BCUT2D eigenvalue weighted by Gasteiger charge is 2.37. The molecular formula is C17H16N6O3S. The highest BCUT2D eigenvalue weighted by atomic mass is 32.2. The number of sulfonamides is 1. The molecule has 3 heterocycles. The third-order valence-electron chi connectivity index (χ3n) is 4.78. The van der Waals surface area contributed by atoms with E-state index in [4.69, 9.17) is 4.74 Å². The van der Waals surface area contributed by atoms with Gasteiger partial charge in [-0.2, -0.15) is 4.72 Å². The minimum atomic E-state index is -3.55. The van der Waals surface area contributed by atoms with Gasteiger partial charge in [0.1, 0.15) is 16.4 Å². The van der Waals surface area contributed by atoms with Crippen LogP contribution in [0.15, 0.2) is 47.4 Å². The van der Waals surface area contributed by atoms with Gasteiger partial charge >= 0.3 is 0 Å². The lowest BCUT2D eigenvalue weighted by molar-refractivity contribution is 0.479. The molecule has 0 bridgehead atoms. The molecule has 1 fully saturated rings. The Kier molecular flexibility index (Phi) is 3.62. The Morgan fingerprint density at radius 1 is 1.11 bits per heavy atom. The molecule has 9 nitrogen and oxygen atoms in total. The molecular weight excluding hydrogens is 368 g/mol. The van der Waals surface area contributed by atoms with Crippen LogP contribution in [0.25, 0.3) is 11.4 Å². The molecule has 0 amide bonds. The summed E-state index contributed by atoms with van der Waals surface area (Å²) in [6.07, 6.45) is 1.65. The Labute approximate surface area is 155 Å². The van der Waals surface area contributed by atoms with Gasteiger partial charge in [0.25, 0.3) is 0 Å². The first-order valence-corrected chi connectivity index (χ1v) is 10.0. The molecule has 5 rings (SSSR count). The number of anilines is 1. The van der Waals surface area contributed by atoms with Gasteiger partial charge < -0.3 is 9.64 Å². The molecule has 27 heavy (non-hydrogen) atoms. The number of rotatable bonds is 3. The van der Waals surface area contributed by atoms with Crippen molar-refractivity contribution in [2.75, 3.05) is 11.4 Å². The molecule has 0 aliphatic carbocycles. The average Bonchev–Trinajstić information content (AvgIpc) is 3.34. The van der Waals surface area contributed by atoms with Crippen molar-refractivity contribution in [3.63, 3.8) is 0 Å². The van der Waals surface area contributed by atoms with E-state index in [-0.39, 0.29) is 11.1 Å². The summed E-state index contributed by atoms with van der Waals surface area (Å²) in [6, 6.07) is 12.4. The number of nitrogens with one attached hydrogen (secondary N) is 2. The van der Waals surface area contributed by atoms with Crippen molar-refractivity contribution in [1.82, 2.24) is 25.3 Å². The quantitative estimate of drug-likeness (QED) is 0.709. The molecule has 0 spiro atoms. The monoisotopic (exact) mass is 384 g/mol. The van der Waals surface area contributed by atoms with Crippen LogP contribution in [0.4, 0.5) is 5.69 Å². The lowest BCUT2D eigenvalue weighted by Crippen LogP contribution is -2.48. The van der Waals surface area contributed by atoms with E-state index in [1.54, 1.807) is 24.3 Å². The average molecular weight is 384 g/mol. The van der Waals surface area contributed by atoms with Gasteiger partial charge in [-0.15, -0.1) is 5.10 Å². The van der Waals surface area contributed by atoms with Gasteiger partial charge in [-0.3, -0.25) is 0 Å². The zero-order valence-electron chi connectivity index (χ0n) is 14.2.